The second kappa shape index (κ2) is 12.3. The molecule has 1 aromatic carbocycles. The molecule has 2 heterocycles. The van der Waals surface area contributed by atoms with Crippen molar-refractivity contribution in [3.8, 4) is 0 Å². The van der Waals surface area contributed by atoms with E-state index in [0.29, 0.717) is 6.04 Å². The maximum atomic E-state index is 6.12. The van der Waals surface area contributed by atoms with Gasteiger partial charge in [0, 0.05) is 70.0 Å². The highest BCUT2D eigenvalue weighted by Gasteiger charge is 2.23. The largest absolute Gasteiger partial charge is 0.357 e. The molecule has 29 heavy (non-hydrogen) atoms. The zero-order valence-corrected chi connectivity index (χ0v) is 21.1. The fourth-order valence-electron chi connectivity index (χ4n) is 3.93. The quantitative estimate of drug-likeness (QED) is 0.357. The van der Waals surface area contributed by atoms with Gasteiger partial charge in [0.05, 0.1) is 6.54 Å². The highest BCUT2D eigenvalue weighted by molar-refractivity contribution is 14.0. The fourth-order valence-corrected chi connectivity index (χ4v) is 4.14. The number of guanidine groups is 1. The molecule has 164 valence electrons. The molecule has 2 fully saturated rings. The van der Waals surface area contributed by atoms with Gasteiger partial charge in [0.15, 0.2) is 5.96 Å². The van der Waals surface area contributed by atoms with Crippen molar-refractivity contribution in [2.75, 3.05) is 73.0 Å². The van der Waals surface area contributed by atoms with Crippen LogP contribution in [0.5, 0.6) is 0 Å². The van der Waals surface area contributed by atoms with Gasteiger partial charge in [-0.3, -0.25) is 14.8 Å². The lowest BCUT2D eigenvalue weighted by Crippen LogP contribution is -2.54. The third-order valence-electron chi connectivity index (χ3n) is 5.73. The summed E-state index contributed by atoms with van der Waals surface area (Å²) in [6.07, 6.45) is 0. The maximum absolute atomic E-state index is 6.12. The standard InChI is InChI=1S/C21H35ClN6.HI/c1-4-23-21(24-15-20-17-25(2)8-9-26(20)3)28-12-10-27(11-13-28)16-18-6-5-7-19(22)14-18;/h5-7,14,20H,4,8-13,15-17H2,1-3H3,(H,23,24);1H. The van der Waals surface area contributed by atoms with Crippen LogP contribution < -0.4 is 5.32 Å². The molecule has 2 saturated heterocycles. The summed E-state index contributed by atoms with van der Waals surface area (Å²) >= 11 is 6.12. The van der Waals surface area contributed by atoms with Crippen LogP contribution >= 0.6 is 35.6 Å². The number of benzene rings is 1. The van der Waals surface area contributed by atoms with Crippen LogP contribution in [0.3, 0.4) is 0 Å². The van der Waals surface area contributed by atoms with Gasteiger partial charge in [-0.25, -0.2) is 0 Å². The Hall–Kier alpha value is -0.610. The number of nitrogens with zero attached hydrogens (tertiary/aromatic N) is 5. The number of hydrogen-bond donors (Lipinski definition) is 1. The molecule has 0 aliphatic carbocycles. The number of hydrogen-bond acceptors (Lipinski definition) is 4. The highest BCUT2D eigenvalue weighted by Crippen LogP contribution is 2.14. The van der Waals surface area contributed by atoms with Crippen LogP contribution in [0.25, 0.3) is 0 Å². The van der Waals surface area contributed by atoms with Crippen molar-refractivity contribution in [2.45, 2.75) is 19.5 Å². The van der Waals surface area contributed by atoms with E-state index >= 15 is 0 Å². The molecule has 0 bridgehead atoms. The Kier molecular flexibility index (Phi) is 10.5. The van der Waals surface area contributed by atoms with E-state index in [2.05, 4.69) is 58.1 Å². The highest BCUT2D eigenvalue weighted by atomic mass is 127. The molecule has 2 aliphatic heterocycles. The number of nitrogens with one attached hydrogen (secondary N) is 1. The van der Waals surface area contributed by atoms with Crippen LogP contribution in [0, 0.1) is 0 Å². The molecule has 6 nitrogen and oxygen atoms in total. The normalized spacial score (nSPS) is 22.4. The van der Waals surface area contributed by atoms with E-state index in [4.69, 9.17) is 16.6 Å². The van der Waals surface area contributed by atoms with E-state index < -0.39 is 0 Å². The minimum atomic E-state index is 0. The van der Waals surface area contributed by atoms with Crippen molar-refractivity contribution in [2.24, 2.45) is 4.99 Å². The summed E-state index contributed by atoms with van der Waals surface area (Å²) in [5.74, 6) is 1.06. The van der Waals surface area contributed by atoms with Crippen molar-refractivity contribution in [3.05, 3.63) is 34.9 Å². The molecule has 0 radical (unpaired) electrons. The topological polar surface area (TPSA) is 37.4 Å². The first-order valence-electron chi connectivity index (χ1n) is 10.4. The molecule has 3 rings (SSSR count). The van der Waals surface area contributed by atoms with Crippen LogP contribution in [0.1, 0.15) is 12.5 Å². The van der Waals surface area contributed by atoms with Gasteiger partial charge in [0.1, 0.15) is 0 Å². The Morgan fingerprint density at radius 1 is 1.14 bits per heavy atom. The van der Waals surface area contributed by atoms with Crippen molar-refractivity contribution < 1.29 is 0 Å². The predicted molar refractivity (Wildman–Crippen MR) is 134 cm³/mol. The van der Waals surface area contributed by atoms with E-state index in [1.807, 2.05) is 12.1 Å². The van der Waals surface area contributed by atoms with E-state index in [1.165, 1.54) is 5.56 Å². The molecule has 0 amide bonds. The first-order valence-corrected chi connectivity index (χ1v) is 10.8. The number of piperazine rings is 2. The summed E-state index contributed by atoms with van der Waals surface area (Å²) in [6, 6.07) is 8.68. The molecular formula is C21H36ClIN6. The maximum Gasteiger partial charge on any atom is 0.194 e. The Morgan fingerprint density at radius 3 is 2.59 bits per heavy atom. The second-order valence-electron chi connectivity index (χ2n) is 7.98. The number of likely N-dealkylation sites (N-methyl/N-ethyl adjacent to an activating group) is 2. The van der Waals surface area contributed by atoms with Crippen molar-refractivity contribution in [1.29, 1.82) is 0 Å². The third kappa shape index (κ3) is 7.54. The van der Waals surface area contributed by atoms with Crippen LogP contribution in [-0.2, 0) is 6.54 Å². The van der Waals surface area contributed by atoms with E-state index in [0.717, 1.165) is 76.4 Å². The van der Waals surface area contributed by atoms with Gasteiger partial charge < -0.3 is 15.1 Å². The van der Waals surface area contributed by atoms with Gasteiger partial charge in [-0.15, -0.1) is 24.0 Å². The molecular weight excluding hydrogens is 499 g/mol. The summed E-state index contributed by atoms with van der Waals surface area (Å²) in [5, 5.41) is 4.31. The average molecular weight is 535 g/mol. The molecule has 0 saturated carbocycles. The Morgan fingerprint density at radius 2 is 1.90 bits per heavy atom. The summed E-state index contributed by atoms with van der Waals surface area (Å²) in [7, 11) is 4.42. The third-order valence-corrected chi connectivity index (χ3v) is 5.97. The molecule has 0 spiro atoms. The molecule has 1 atom stereocenters. The molecule has 1 aromatic rings. The molecule has 0 aromatic heterocycles. The second-order valence-corrected chi connectivity index (χ2v) is 8.42. The Labute approximate surface area is 198 Å². The van der Waals surface area contributed by atoms with Gasteiger partial charge >= 0.3 is 0 Å². The Balaban J connectivity index is 0.00000300. The van der Waals surface area contributed by atoms with Gasteiger partial charge in [0.2, 0.25) is 0 Å². The van der Waals surface area contributed by atoms with E-state index in [9.17, 15) is 0 Å². The van der Waals surface area contributed by atoms with Crippen molar-refractivity contribution in [3.63, 3.8) is 0 Å². The zero-order chi connectivity index (χ0) is 19.9. The summed E-state index contributed by atoms with van der Waals surface area (Å²) in [4.78, 5) is 14.7. The van der Waals surface area contributed by atoms with Crippen LogP contribution in [0.15, 0.2) is 29.3 Å². The molecule has 2 aliphatic rings. The van der Waals surface area contributed by atoms with Gasteiger partial charge in [-0.2, -0.15) is 0 Å². The minimum absolute atomic E-state index is 0. The van der Waals surface area contributed by atoms with E-state index in [-0.39, 0.29) is 24.0 Å². The van der Waals surface area contributed by atoms with E-state index in [1.54, 1.807) is 0 Å². The summed E-state index contributed by atoms with van der Waals surface area (Å²) in [5.41, 5.74) is 1.28. The molecule has 1 N–H and O–H groups in total. The molecule has 8 heteroatoms. The Bertz CT molecular complexity index is 650. The predicted octanol–water partition coefficient (Wildman–Crippen LogP) is 2.29. The first kappa shape index (κ1) is 24.7. The fraction of sp³-hybridized carbons (Fsp3) is 0.667. The number of rotatable bonds is 5. The lowest BCUT2D eigenvalue weighted by atomic mass is 10.2. The molecule has 1 unspecified atom stereocenters. The SMILES string of the molecule is CCNC(=NCC1CN(C)CCN1C)N1CCN(Cc2cccc(Cl)c2)CC1.I. The minimum Gasteiger partial charge on any atom is -0.357 e. The lowest BCUT2D eigenvalue weighted by molar-refractivity contribution is 0.119. The first-order chi connectivity index (χ1) is 13.5. The van der Waals surface area contributed by atoms with Crippen LogP contribution in [-0.4, -0.2) is 105 Å². The summed E-state index contributed by atoms with van der Waals surface area (Å²) < 4.78 is 0. The summed E-state index contributed by atoms with van der Waals surface area (Å²) in [6.45, 7) is 12.3. The van der Waals surface area contributed by atoms with Crippen LogP contribution in [0.4, 0.5) is 0 Å². The average Bonchev–Trinajstić information content (AvgIpc) is 2.68. The number of aliphatic imine (C=N–C) groups is 1. The monoisotopic (exact) mass is 534 g/mol. The smallest absolute Gasteiger partial charge is 0.194 e. The zero-order valence-electron chi connectivity index (χ0n) is 18.0. The number of halogens is 2. The van der Waals surface area contributed by atoms with Gasteiger partial charge in [-0.1, -0.05) is 23.7 Å². The van der Waals surface area contributed by atoms with Gasteiger partial charge in [-0.05, 0) is 38.7 Å². The van der Waals surface area contributed by atoms with Crippen molar-refractivity contribution >= 4 is 41.5 Å². The van der Waals surface area contributed by atoms with Crippen molar-refractivity contribution in [1.82, 2.24) is 24.9 Å². The lowest BCUT2D eigenvalue weighted by Gasteiger charge is -2.38. The van der Waals surface area contributed by atoms with Crippen LogP contribution in [0.2, 0.25) is 5.02 Å². The van der Waals surface area contributed by atoms with Gasteiger partial charge in [0.25, 0.3) is 0 Å².